The highest BCUT2D eigenvalue weighted by Gasteiger charge is 2.62. The Hall–Kier alpha value is -3.68. The summed E-state index contributed by atoms with van der Waals surface area (Å²) in [4.78, 5) is 39.7. The van der Waals surface area contributed by atoms with E-state index in [1.807, 2.05) is 0 Å². The normalized spacial score (nSPS) is 21.4. The second kappa shape index (κ2) is 8.76. The highest BCUT2D eigenvalue weighted by molar-refractivity contribution is 6.22. The van der Waals surface area contributed by atoms with Crippen molar-refractivity contribution >= 4 is 17.8 Å². The lowest BCUT2D eigenvalue weighted by Gasteiger charge is -2.58. The molecule has 5 rings (SSSR count). The van der Waals surface area contributed by atoms with E-state index in [1.54, 1.807) is 4.90 Å². The van der Waals surface area contributed by atoms with E-state index in [-0.39, 0.29) is 11.5 Å². The van der Waals surface area contributed by atoms with Gasteiger partial charge in [-0.3, -0.25) is 25.1 Å². The molecule has 10 nitrogen and oxygen atoms in total. The summed E-state index contributed by atoms with van der Waals surface area (Å²) in [5.74, 6) is -1.36. The fourth-order valence-electron chi connectivity index (χ4n) is 4.69. The average Bonchev–Trinajstić information content (AvgIpc) is 2.80. The van der Waals surface area contributed by atoms with Crippen LogP contribution in [0.3, 0.4) is 0 Å². The Morgan fingerprint density at radius 3 is 1.94 bits per heavy atom. The number of rotatable bonds is 5. The standard InChI is InChI=1S/C23H21F3N4O6/c24-23(25,26)36-17-7-5-16(6-8-17)35-15-3-1-14(2-4-15)22(18(31)28-20(33)29-19(22)32)30-11-21(12-30)13-34-10-9-27-21/h1-8,27H,9-13H2,(H2,28,29,31,32,33). The Morgan fingerprint density at radius 1 is 0.861 bits per heavy atom. The lowest BCUT2D eigenvalue weighted by atomic mass is 9.77. The zero-order chi connectivity index (χ0) is 25.6. The minimum Gasteiger partial charge on any atom is -0.457 e. The maximum absolute atomic E-state index is 13.1. The molecule has 0 aromatic heterocycles. The van der Waals surface area contributed by atoms with Crippen molar-refractivity contribution in [1.82, 2.24) is 20.9 Å². The molecule has 0 radical (unpaired) electrons. The Kier molecular flexibility index (Phi) is 5.85. The van der Waals surface area contributed by atoms with Gasteiger partial charge in [0.2, 0.25) is 5.54 Å². The molecule has 3 aliphatic heterocycles. The number of ether oxygens (including phenoxy) is 3. The summed E-state index contributed by atoms with van der Waals surface area (Å²) in [6.07, 6.45) is -4.80. The number of hydrogen-bond donors (Lipinski definition) is 3. The van der Waals surface area contributed by atoms with Gasteiger partial charge >= 0.3 is 12.4 Å². The largest absolute Gasteiger partial charge is 0.573 e. The van der Waals surface area contributed by atoms with Crippen LogP contribution in [0.1, 0.15) is 5.56 Å². The molecule has 3 heterocycles. The van der Waals surface area contributed by atoms with Crippen LogP contribution in [0.25, 0.3) is 0 Å². The monoisotopic (exact) mass is 506 g/mol. The number of nitrogens with one attached hydrogen (secondary N) is 3. The number of nitrogens with zero attached hydrogens (tertiary/aromatic N) is 1. The van der Waals surface area contributed by atoms with Crippen LogP contribution in [0.5, 0.6) is 17.2 Å². The molecule has 3 N–H and O–H groups in total. The molecule has 1 spiro atoms. The molecule has 36 heavy (non-hydrogen) atoms. The number of halogens is 3. The summed E-state index contributed by atoms with van der Waals surface area (Å²) in [6, 6.07) is 10.0. The number of urea groups is 1. The first-order valence-electron chi connectivity index (χ1n) is 11.0. The molecule has 3 fully saturated rings. The Labute approximate surface area is 202 Å². The summed E-state index contributed by atoms with van der Waals surface area (Å²) in [5, 5.41) is 7.75. The van der Waals surface area contributed by atoms with Crippen LogP contribution < -0.4 is 25.4 Å². The Morgan fingerprint density at radius 2 is 1.42 bits per heavy atom. The molecule has 0 unspecified atom stereocenters. The minimum atomic E-state index is -4.80. The third kappa shape index (κ3) is 4.36. The van der Waals surface area contributed by atoms with Crippen LogP contribution >= 0.6 is 0 Å². The van der Waals surface area contributed by atoms with Gasteiger partial charge in [0.1, 0.15) is 17.2 Å². The molecule has 0 saturated carbocycles. The summed E-state index contributed by atoms with van der Waals surface area (Å²) in [5.41, 5.74) is -1.86. The van der Waals surface area contributed by atoms with Gasteiger partial charge < -0.3 is 19.5 Å². The topological polar surface area (TPSA) is 118 Å². The SMILES string of the molecule is O=C1NC(=O)C(c2ccc(Oc3ccc(OC(F)(F)F)cc3)cc2)(N2CC3(COCCN3)C2)C(=O)N1. The highest BCUT2D eigenvalue weighted by atomic mass is 19.4. The zero-order valence-corrected chi connectivity index (χ0v) is 18.7. The second-order valence-corrected chi connectivity index (χ2v) is 8.71. The maximum Gasteiger partial charge on any atom is 0.573 e. The molecule has 0 atom stereocenters. The van der Waals surface area contributed by atoms with E-state index in [4.69, 9.17) is 9.47 Å². The van der Waals surface area contributed by atoms with E-state index in [9.17, 15) is 27.6 Å². The van der Waals surface area contributed by atoms with Crippen LogP contribution in [0.15, 0.2) is 48.5 Å². The first kappa shape index (κ1) is 24.0. The number of carbonyl (C=O) groups is 3. The van der Waals surface area contributed by atoms with Gasteiger partial charge in [0.05, 0.1) is 18.8 Å². The van der Waals surface area contributed by atoms with Gasteiger partial charge in [-0.2, -0.15) is 0 Å². The molecule has 2 aromatic carbocycles. The smallest absolute Gasteiger partial charge is 0.457 e. The lowest BCUT2D eigenvalue weighted by Crippen LogP contribution is -2.82. The van der Waals surface area contributed by atoms with E-state index in [1.165, 1.54) is 36.4 Å². The predicted octanol–water partition coefficient (Wildman–Crippen LogP) is 1.61. The molecule has 4 amide bonds. The highest BCUT2D eigenvalue weighted by Crippen LogP contribution is 2.40. The van der Waals surface area contributed by atoms with Crippen molar-refractivity contribution in [2.75, 3.05) is 32.8 Å². The van der Waals surface area contributed by atoms with Gasteiger partial charge in [-0.25, -0.2) is 4.79 Å². The molecule has 0 bridgehead atoms. The third-order valence-electron chi connectivity index (χ3n) is 6.26. The lowest BCUT2D eigenvalue weighted by molar-refractivity contribution is -0.274. The van der Waals surface area contributed by atoms with E-state index < -0.39 is 35.3 Å². The second-order valence-electron chi connectivity index (χ2n) is 8.71. The van der Waals surface area contributed by atoms with Crippen molar-refractivity contribution in [2.24, 2.45) is 0 Å². The summed E-state index contributed by atoms with van der Waals surface area (Å²) < 4.78 is 52.1. The molecule has 190 valence electrons. The number of hydrogen-bond acceptors (Lipinski definition) is 8. The van der Waals surface area contributed by atoms with E-state index in [0.717, 1.165) is 12.1 Å². The van der Waals surface area contributed by atoms with Crippen molar-refractivity contribution in [2.45, 2.75) is 17.4 Å². The van der Waals surface area contributed by atoms with Crippen molar-refractivity contribution in [1.29, 1.82) is 0 Å². The van der Waals surface area contributed by atoms with Gasteiger partial charge in [0.25, 0.3) is 11.8 Å². The van der Waals surface area contributed by atoms with Crippen molar-refractivity contribution in [3.63, 3.8) is 0 Å². The number of benzene rings is 2. The first-order valence-corrected chi connectivity index (χ1v) is 11.0. The number of likely N-dealkylation sites (tertiary alicyclic amines) is 1. The van der Waals surface area contributed by atoms with Gasteiger partial charge in [0, 0.05) is 19.6 Å². The Balaban J connectivity index is 1.37. The first-order chi connectivity index (χ1) is 17.1. The molecule has 3 aliphatic rings. The van der Waals surface area contributed by atoms with Crippen LogP contribution in [0.2, 0.25) is 0 Å². The summed E-state index contributed by atoms with van der Waals surface area (Å²) in [6.45, 7) is 2.33. The number of imide groups is 2. The average molecular weight is 506 g/mol. The molecule has 13 heteroatoms. The fraction of sp³-hybridized carbons (Fsp3) is 0.348. The van der Waals surface area contributed by atoms with Gasteiger partial charge in [-0.05, 0) is 42.0 Å². The minimum absolute atomic E-state index is 0.249. The van der Waals surface area contributed by atoms with Crippen molar-refractivity contribution in [3.8, 4) is 17.2 Å². The molecule has 3 saturated heterocycles. The van der Waals surface area contributed by atoms with Crippen LogP contribution in [0, 0.1) is 0 Å². The number of morpholine rings is 1. The molecular weight excluding hydrogens is 485 g/mol. The molecular formula is C23H21F3N4O6. The number of amides is 4. The third-order valence-corrected chi connectivity index (χ3v) is 6.26. The Bertz CT molecular complexity index is 1150. The molecule has 0 aliphatic carbocycles. The van der Waals surface area contributed by atoms with E-state index in [2.05, 4.69) is 20.7 Å². The van der Waals surface area contributed by atoms with Crippen molar-refractivity contribution < 1.29 is 41.8 Å². The van der Waals surface area contributed by atoms with E-state index >= 15 is 0 Å². The quantitative estimate of drug-likeness (QED) is 0.524. The van der Waals surface area contributed by atoms with Crippen LogP contribution in [0.4, 0.5) is 18.0 Å². The number of barbiturate groups is 1. The van der Waals surface area contributed by atoms with Crippen LogP contribution in [-0.2, 0) is 19.9 Å². The molecule has 2 aromatic rings. The zero-order valence-electron chi connectivity index (χ0n) is 18.7. The predicted molar refractivity (Wildman–Crippen MR) is 116 cm³/mol. The number of alkyl halides is 3. The maximum atomic E-state index is 13.1. The number of carbonyl (C=O) groups excluding carboxylic acids is 3. The summed E-state index contributed by atoms with van der Waals surface area (Å²) >= 11 is 0. The summed E-state index contributed by atoms with van der Waals surface area (Å²) in [7, 11) is 0. The van der Waals surface area contributed by atoms with E-state index in [0.29, 0.717) is 44.2 Å². The van der Waals surface area contributed by atoms with Gasteiger partial charge in [0.15, 0.2) is 0 Å². The fourth-order valence-corrected chi connectivity index (χ4v) is 4.69. The van der Waals surface area contributed by atoms with Gasteiger partial charge in [-0.15, -0.1) is 13.2 Å². The van der Waals surface area contributed by atoms with Crippen molar-refractivity contribution in [3.05, 3.63) is 54.1 Å². The van der Waals surface area contributed by atoms with Crippen LogP contribution in [-0.4, -0.2) is 67.5 Å². The van der Waals surface area contributed by atoms with Gasteiger partial charge in [-0.1, -0.05) is 12.1 Å².